The van der Waals surface area contributed by atoms with Crippen molar-refractivity contribution in [3.05, 3.63) is 92.7 Å². The molecule has 1 atom stereocenters. The number of halogens is 2. The van der Waals surface area contributed by atoms with E-state index in [0.29, 0.717) is 25.7 Å². The first kappa shape index (κ1) is 25.7. The van der Waals surface area contributed by atoms with Crippen LogP contribution >= 0.6 is 0 Å². The van der Waals surface area contributed by atoms with E-state index in [1.54, 1.807) is 0 Å². The highest BCUT2D eigenvalue weighted by atomic mass is 19.1. The number of likely N-dealkylation sites (tertiary alicyclic amines) is 1. The summed E-state index contributed by atoms with van der Waals surface area (Å²) in [4.78, 5) is 45.2. The summed E-state index contributed by atoms with van der Waals surface area (Å²) in [5.41, 5.74) is 0.681. The topological polar surface area (TPSA) is 95.7 Å². The number of nitrogens with zero attached hydrogens (tertiary/aromatic N) is 4. The van der Waals surface area contributed by atoms with Gasteiger partial charge in [0.2, 0.25) is 5.75 Å². The Morgan fingerprint density at radius 1 is 1.13 bits per heavy atom. The van der Waals surface area contributed by atoms with Gasteiger partial charge in [0.1, 0.15) is 28.7 Å². The summed E-state index contributed by atoms with van der Waals surface area (Å²) in [7, 11) is 1.97. The number of rotatable bonds is 7. The monoisotopic (exact) mass is 522 g/mol. The number of hydrogen-bond acceptors (Lipinski definition) is 6. The summed E-state index contributed by atoms with van der Waals surface area (Å²) in [6.45, 7) is 0.879. The number of amides is 1. The molecule has 198 valence electrons. The maximum absolute atomic E-state index is 14.4. The molecule has 1 aromatic heterocycles. The van der Waals surface area contributed by atoms with Crippen molar-refractivity contribution < 1.29 is 23.5 Å². The van der Waals surface area contributed by atoms with Gasteiger partial charge >= 0.3 is 5.56 Å². The molecular formula is C28H28F2N4O4. The Labute approximate surface area is 218 Å². The first-order valence-electron chi connectivity index (χ1n) is 12.6. The van der Waals surface area contributed by atoms with E-state index in [1.165, 1.54) is 26.7 Å². The molecule has 0 spiro atoms. The second-order valence-corrected chi connectivity index (χ2v) is 9.84. The molecule has 2 heterocycles. The summed E-state index contributed by atoms with van der Waals surface area (Å²) in [5, 5.41) is 10.3. The third-order valence-electron chi connectivity index (χ3n) is 7.66. The number of benzene rings is 2. The zero-order valence-corrected chi connectivity index (χ0v) is 20.9. The number of carbonyl (C=O) groups excluding carboxylic acids is 2. The lowest BCUT2D eigenvalue weighted by Crippen LogP contribution is -2.38. The molecule has 1 aliphatic heterocycles. The third kappa shape index (κ3) is 4.60. The Morgan fingerprint density at radius 2 is 1.79 bits per heavy atom. The van der Waals surface area contributed by atoms with Crippen LogP contribution in [0.4, 0.5) is 8.78 Å². The molecule has 1 saturated heterocycles. The Morgan fingerprint density at radius 3 is 2.42 bits per heavy atom. The number of aldehydes is 1. The molecule has 1 amide bonds. The number of fused-ring (bicyclic) bond motifs is 1. The molecule has 1 aliphatic carbocycles. The lowest BCUT2D eigenvalue weighted by atomic mass is 10.1. The second-order valence-electron chi connectivity index (χ2n) is 9.84. The van der Waals surface area contributed by atoms with Crippen molar-refractivity contribution in [3.63, 3.8) is 0 Å². The average molecular weight is 523 g/mol. The van der Waals surface area contributed by atoms with Gasteiger partial charge in [0.05, 0.1) is 6.04 Å². The first-order chi connectivity index (χ1) is 18.3. The number of aromatic hydroxyl groups is 1. The van der Waals surface area contributed by atoms with Crippen LogP contribution in [-0.2, 0) is 19.4 Å². The van der Waals surface area contributed by atoms with Crippen molar-refractivity contribution in [1.29, 1.82) is 0 Å². The lowest BCUT2D eigenvalue weighted by molar-refractivity contribution is 0.0715. The summed E-state index contributed by atoms with van der Waals surface area (Å²) < 4.78 is 30.3. The molecule has 0 saturated carbocycles. The van der Waals surface area contributed by atoms with E-state index in [4.69, 9.17) is 0 Å². The number of aromatic nitrogens is 2. The van der Waals surface area contributed by atoms with E-state index in [2.05, 4.69) is 22.0 Å². The minimum absolute atomic E-state index is 0.112. The maximum Gasteiger partial charge on any atom is 0.315 e. The summed E-state index contributed by atoms with van der Waals surface area (Å²) in [5.74, 6) is -3.48. The molecule has 3 aromatic rings. The molecule has 10 heteroatoms. The normalized spacial score (nSPS) is 17.3. The molecule has 0 radical (unpaired) electrons. The largest absolute Gasteiger partial charge is 0.501 e. The zero-order valence-electron chi connectivity index (χ0n) is 20.9. The third-order valence-corrected chi connectivity index (χ3v) is 7.66. The molecule has 1 unspecified atom stereocenters. The van der Waals surface area contributed by atoms with Gasteiger partial charge < -0.3 is 19.5 Å². The van der Waals surface area contributed by atoms with Gasteiger partial charge in [-0.1, -0.05) is 30.3 Å². The van der Waals surface area contributed by atoms with E-state index >= 15 is 0 Å². The van der Waals surface area contributed by atoms with Gasteiger partial charge in [-0.15, -0.1) is 0 Å². The van der Waals surface area contributed by atoms with Gasteiger partial charge in [-0.3, -0.25) is 14.4 Å². The number of carbonyl (C=O) groups is 2. The van der Waals surface area contributed by atoms with Gasteiger partial charge in [0, 0.05) is 25.7 Å². The standard InChI is InChI=1S/C28H28F2N4O4/c1-32(19-14-17-6-2-3-7-18(17)15-19)12-13-33-23(16-35)25(36)27(37)31-26(33)22-10-5-11-34(22)28(38)24-20(29)8-4-9-21(24)30/h2-4,6-9,16,19,22,36H,5,10-15H2,1H3. The van der Waals surface area contributed by atoms with Crippen LogP contribution < -0.4 is 5.56 Å². The van der Waals surface area contributed by atoms with Crippen LogP contribution in [0.5, 0.6) is 5.75 Å². The molecular weight excluding hydrogens is 494 g/mol. The molecule has 0 bridgehead atoms. The van der Waals surface area contributed by atoms with Crippen LogP contribution in [0.15, 0.2) is 47.3 Å². The predicted octanol–water partition coefficient (Wildman–Crippen LogP) is 3.12. The van der Waals surface area contributed by atoms with Gasteiger partial charge in [-0.2, -0.15) is 4.98 Å². The van der Waals surface area contributed by atoms with Crippen LogP contribution in [0.2, 0.25) is 0 Å². The van der Waals surface area contributed by atoms with Crippen LogP contribution in [0.3, 0.4) is 0 Å². The highest BCUT2D eigenvalue weighted by Crippen LogP contribution is 2.34. The van der Waals surface area contributed by atoms with Crippen LogP contribution in [0.1, 0.15) is 56.7 Å². The molecule has 1 fully saturated rings. The summed E-state index contributed by atoms with van der Waals surface area (Å²) in [6, 6.07) is 10.9. The van der Waals surface area contributed by atoms with Crippen LogP contribution in [-0.4, -0.2) is 62.8 Å². The van der Waals surface area contributed by atoms with Crippen molar-refractivity contribution in [1.82, 2.24) is 19.4 Å². The van der Waals surface area contributed by atoms with E-state index < -0.39 is 40.5 Å². The Kier molecular flexibility index (Phi) is 7.07. The Hall–Kier alpha value is -3.92. The summed E-state index contributed by atoms with van der Waals surface area (Å²) in [6.07, 6.45) is 3.05. The van der Waals surface area contributed by atoms with Crippen LogP contribution in [0.25, 0.3) is 0 Å². The molecule has 38 heavy (non-hydrogen) atoms. The summed E-state index contributed by atoms with van der Waals surface area (Å²) >= 11 is 0. The fraction of sp³-hybridized carbons (Fsp3) is 0.357. The number of likely N-dealkylation sites (N-methyl/N-ethyl adjacent to an activating group) is 1. The lowest BCUT2D eigenvalue weighted by Gasteiger charge is -2.29. The van der Waals surface area contributed by atoms with Crippen molar-refractivity contribution in [2.75, 3.05) is 20.1 Å². The van der Waals surface area contributed by atoms with E-state index in [-0.39, 0.29) is 30.6 Å². The van der Waals surface area contributed by atoms with Crippen molar-refractivity contribution in [3.8, 4) is 5.75 Å². The SMILES string of the molecule is CN(CCn1c(C2CCCN2C(=O)c2c(F)cccc2F)nc(=O)c(O)c1C=O)C1Cc2ccccc2C1. The van der Waals surface area contributed by atoms with Crippen molar-refractivity contribution >= 4 is 12.2 Å². The molecule has 2 aliphatic rings. The van der Waals surface area contributed by atoms with Gasteiger partial charge in [0.25, 0.3) is 5.91 Å². The first-order valence-corrected chi connectivity index (χ1v) is 12.6. The van der Waals surface area contributed by atoms with E-state index in [9.17, 15) is 28.3 Å². The minimum Gasteiger partial charge on any atom is -0.501 e. The molecule has 1 N–H and O–H groups in total. The smallest absolute Gasteiger partial charge is 0.315 e. The van der Waals surface area contributed by atoms with Crippen molar-refractivity contribution in [2.24, 2.45) is 0 Å². The Balaban J connectivity index is 1.45. The number of hydrogen-bond donors (Lipinski definition) is 1. The van der Waals surface area contributed by atoms with E-state index in [0.717, 1.165) is 25.0 Å². The van der Waals surface area contributed by atoms with Crippen LogP contribution in [0, 0.1) is 11.6 Å². The van der Waals surface area contributed by atoms with Gasteiger partial charge in [0.15, 0.2) is 6.29 Å². The minimum atomic E-state index is -0.991. The average Bonchev–Trinajstić information content (AvgIpc) is 3.56. The van der Waals surface area contributed by atoms with E-state index in [1.807, 2.05) is 19.2 Å². The molecule has 8 nitrogen and oxygen atoms in total. The quantitative estimate of drug-likeness (QED) is 0.479. The highest BCUT2D eigenvalue weighted by molar-refractivity contribution is 5.95. The zero-order chi connectivity index (χ0) is 27.0. The van der Waals surface area contributed by atoms with Crippen molar-refractivity contribution in [2.45, 2.75) is 44.3 Å². The fourth-order valence-corrected chi connectivity index (χ4v) is 5.60. The molecule has 5 rings (SSSR count). The fourth-order valence-electron chi connectivity index (χ4n) is 5.60. The predicted molar refractivity (Wildman–Crippen MR) is 135 cm³/mol. The van der Waals surface area contributed by atoms with Gasteiger partial charge in [-0.25, -0.2) is 8.78 Å². The van der Waals surface area contributed by atoms with Gasteiger partial charge in [-0.05, 0) is 56.0 Å². The molecule has 2 aromatic carbocycles. The second kappa shape index (κ2) is 10.4. The highest BCUT2D eigenvalue weighted by Gasteiger charge is 2.37. The maximum atomic E-state index is 14.4. The Bertz CT molecular complexity index is 1410.